The molecule has 19 heavy (non-hydrogen) atoms. The number of nitrogens with one attached hydrogen (secondary N) is 1. The summed E-state index contributed by atoms with van der Waals surface area (Å²) in [5.41, 5.74) is 1.55. The standard InChI is InChI=1S/C15H23N3O/c1-2-3-4-8-16-13-7-9-17-14(12-13)15(19)18-10-5-6-11-18/h7,9,12H,2-6,8,10-11H2,1H3,(H,16,17). The number of unbranched alkanes of at least 4 members (excludes halogenated alkanes) is 2. The van der Waals surface area contributed by atoms with Crippen molar-refractivity contribution in [3.8, 4) is 0 Å². The highest BCUT2D eigenvalue weighted by Crippen LogP contribution is 2.14. The summed E-state index contributed by atoms with van der Waals surface area (Å²) in [6.45, 7) is 4.89. The number of aromatic nitrogens is 1. The number of carbonyl (C=O) groups is 1. The van der Waals surface area contributed by atoms with Gasteiger partial charge in [0, 0.05) is 31.5 Å². The lowest BCUT2D eigenvalue weighted by Crippen LogP contribution is -2.28. The Hall–Kier alpha value is -1.58. The van der Waals surface area contributed by atoms with Crippen molar-refractivity contribution in [2.75, 3.05) is 25.0 Å². The first kappa shape index (κ1) is 13.8. The average molecular weight is 261 g/mol. The van der Waals surface area contributed by atoms with Crippen LogP contribution in [0.25, 0.3) is 0 Å². The molecule has 1 saturated heterocycles. The van der Waals surface area contributed by atoms with Crippen molar-refractivity contribution in [1.29, 1.82) is 0 Å². The zero-order chi connectivity index (χ0) is 13.5. The number of hydrogen-bond acceptors (Lipinski definition) is 3. The lowest BCUT2D eigenvalue weighted by atomic mass is 10.2. The molecule has 4 nitrogen and oxygen atoms in total. The molecule has 0 bridgehead atoms. The van der Waals surface area contributed by atoms with E-state index in [2.05, 4.69) is 17.2 Å². The van der Waals surface area contributed by atoms with Crippen molar-refractivity contribution >= 4 is 11.6 Å². The SMILES string of the molecule is CCCCCNc1ccnc(C(=O)N2CCCC2)c1. The zero-order valence-corrected chi connectivity index (χ0v) is 11.7. The molecule has 1 aliphatic heterocycles. The summed E-state index contributed by atoms with van der Waals surface area (Å²) in [4.78, 5) is 18.3. The van der Waals surface area contributed by atoms with Gasteiger partial charge in [0.15, 0.2) is 0 Å². The molecule has 0 atom stereocenters. The lowest BCUT2D eigenvalue weighted by Gasteiger charge is -2.15. The number of anilines is 1. The quantitative estimate of drug-likeness (QED) is 0.801. The molecule has 1 fully saturated rings. The van der Waals surface area contributed by atoms with Crippen LogP contribution >= 0.6 is 0 Å². The normalized spacial score (nSPS) is 14.7. The van der Waals surface area contributed by atoms with Gasteiger partial charge >= 0.3 is 0 Å². The molecule has 1 aromatic rings. The van der Waals surface area contributed by atoms with Crippen LogP contribution in [0.5, 0.6) is 0 Å². The molecule has 1 amide bonds. The summed E-state index contributed by atoms with van der Waals surface area (Å²) in [6.07, 6.45) is 7.55. The Morgan fingerprint density at radius 2 is 2.16 bits per heavy atom. The van der Waals surface area contributed by atoms with Crippen LogP contribution in [-0.2, 0) is 0 Å². The monoisotopic (exact) mass is 261 g/mol. The van der Waals surface area contributed by atoms with Crippen LogP contribution in [0, 0.1) is 0 Å². The van der Waals surface area contributed by atoms with E-state index < -0.39 is 0 Å². The molecule has 1 N–H and O–H groups in total. The van der Waals surface area contributed by atoms with Gasteiger partial charge in [-0.15, -0.1) is 0 Å². The number of rotatable bonds is 6. The van der Waals surface area contributed by atoms with Gasteiger partial charge in [0.05, 0.1) is 0 Å². The summed E-state index contributed by atoms with van der Waals surface area (Å²) < 4.78 is 0. The highest BCUT2D eigenvalue weighted by molar-refractivity contribution is 5.93. The van der Waals surface area contributed by atoms with Gasteiger partial charge in [-0.1, -0.05) is 19.8 Å². The van der Waals surface area contributed by atoms with E-state index in [-0.39, 0.29) is 5.91 Å². The highest BCUT2D eigenvalue weighted by atomic mass is 16.2. The van der Waals surface area contributed by atoms with Crippen LogP contribution in [0.1, 0.15) is 49.5 Å². The lowest BCUT2D eigenvalue weighted by molar-refractivity contribution is 0.0787. The molecule has 1 aliphatic rings. The van der Waals surface area contributed by atoms with Crippen molar-refractivity contribution in [2.45, 2.75) is 39.0 Å². The van der Waals surface area contributed by atoms with E-state index in [1.165, 1.54) is 12.8 Å². The van der Waals surface area contributed by atoms with E-state index >= 15 is 0 Å². The highest BCUT2D eigenvalue weighted by Gasteiger charge is 2.20. The molecular formula is C15H23N3O. The fraction of sp³-hybridized carbons (Fsp3) is 0.600. The first-order chi connectivity index (χ1) is 9.31. The Bertz CT molecular complexity index is 414. The van der Waals surface area contributed by atoms with Gasteiger partial charge in [-0.2, -0.15) is 0 Å². The number of nitrogens with zero attached hydrogens (tertiary/aromatic N) is 2. The molecule has 0 radical (unpaired) electrons. The minimum Gasteiger partial charge on any atom is -0.385 e. The van der Waals surface area contributed by atoms with Crippen LogP contribution < -0.4 is 5.32 Å². The van der Waals surface area contributed by atoms with Gasteiger partial charge in [0.25, 0.3) is 5.91 Å². The summed E-state index contributed by atoms with van der Waals surface area (Å²) in [5, 5.41) is 3.35. The van der Waals surface area contributed by atoms with Gasteiger partial charge in [-0.25, -0.2) is 0 Å². The largest absolute Gasteiger partial charge is 0.385 e. The maximum Gasteiger partial charge on any atom is 0.272 e. The second-order valence-corrected chi connectivity index (χ2v) is 5.06. The molecular weight excluding hydrogens is 238 g/mol. The van der Waals surface area contributed by atoms with E-state index in [1.807, 2.05) is 17.0 Å². The zero-order valence-electron chi connectivity index (χ0n) is 11.7. The molecule has 104 valence electrons. The molecule has 0 aromatic carbocycles. The van der Waals surface area contributed by atoms with E-state index in [1.54, 1.807) is 6.20 Å². The van der Waals surface area contributed by atoms with Crippen molar-refractivity contribution in [3.63, 3.8) is 0 Å². The van der Waals surface area contributed by atoms with Crippen LogP contribution in [0.4, 0.5) is 5.69 Å². The maximum absolute atomic E-state index is 12.2. The van der Waals surface area contributed by atoms with Crippen LogP contribution in [0.3, 0.4) is 0 Å². The average Bonchev–Trinajstić information content (AvgIpc) is 2.97. The first-order valence-electron chi connectivity index (χ1n) is 7.30. The molecule has 4 heteroatoms. The Balaban J connectivity index is 1.92. The first-order valence-corrected chi connectivity index (χ1v) is 7.30. The van der Waals surface area contributed by atoms with E-state index in [0.717, 1.165) is 44.6 Å². The third-order valence-electron chi connectivity index (χ3n) is 3.48. The summed E-state index contributed by atoms with van der Waals surface area (Å²) >= 11 is 0. The van der Waals surface area contributed by atoms with Crippen molar-refractivity contribution < 1.29 is 4.79 Å². The molecule has 2 rings (SSSR count). The Labute approximate surface area is 115 Å². The summed E-state index contributed by atoms with van der Waals surface area (Å²) in [6, 6.07) is 3.79. The number of carbonyl (C=O) groups excluding carboxylic acids is 1. The molecule has 0 saturated carbocycles. The molecule has 0 spiro atoms. The predicted molar refractivity (Wildman–Crippen MR) is 77.4 cm³/mol. The Kier molecular flexibility index (Phi) is 5.19. The van der Waals surface area contributed by atoms with Crippen molar-refractivity contribution in [2.24, 2.45) is 0 Å². The predicted octanol–water partition coefficient (Wildman–Crippen LogP) is 2.92. The van der Waals surface area contributed by atoms with Crippen molar-refractivity contribution in [3.05, 3.63) is 24.0 Å². The molecule has 0 aliphatic carbocycles. The fourth-order valence-corrected chi connectivity index (χ4v) is 2.35. The van der Waals surface area contributed by atoms with Crippen LogP contribution in [0.15, 0.2) is 18.3 Å². The summed E-state index contributed by atoms with van der Waals surface area (Å²) in [7, 11) is 0. The van der Waals surface area contributed by atoms with Gasteiger partial charge in [0.2, 0.25) is 0 Å². The minimum absolute atomic E-state index is 0.0645. The van der Waals surface area contributed by atoms with E-state index in [9.17, 15) is 4.79 Å². The van der Waals surface area contributed by atoms with Gasteiger partial charge in [-0.05, 0) is 31.4 Å². The third-order valence-corrected chi connectivity index (χ3v) is 3.48. The Morgan fingerprint density at radius 3 is 2.89 bits per heavy atom. The second-order valence-electron chi connectivity index (χ2n) is 5.06. The fourth-order valence-electron chi connectivity index (χ4n) is 2.35. The van der Waals surface area contributed by atoms with Gasteiger partial charge < -0.3 is 10.2 Å². The maximum atomic E-state index is 12.2. The van der Waals surface area contributed by atoms with E-state index in [0.29, 0.717) is 5.69 Å². The smallest absolute Gasteiger partial charge is 0.272 e. The minimum atomic E-state index is 0.0645. The molecule has 1 aromatic heterocycles. The Morgan fingerprint density at radius 1 is 1.37 bits per heavy atom. The third kappa shape index (κ3) is 3.94. The number of pyridine rings is 1. The number of amides is 1. The van der Waals surface area contributed by atoms with Crippen molar-refractivity contribution in [1.82, 2.24) is 9.88 Å². The molecule has 0 unspecified atom stereocenters. The molecule has 2 heterocycles. The topological polar surface area (TPSA) is 45.2 Å². The van der Waals surface area contributed by atoms with Gasteiger partial charge in [-0.3, -0.25) is 9.78 Å². The summed E-state index contributed by atoms with van der Waals surface area (Å²) in [5.74, 6) is 0.0645. The van der Waals surface area contributed by atoms with Crippen LogP contribution in [0.2, 0.25) is 0 Å². The van der Waals surface area contributed by atoms with Gasteiger partial charge in [0.1, 0.15) is 5.69 Å². The van der Waals surface area contributed by atoms with E-state index in [4.69, 9.17) is 0 Å². The van der Waals surface area contributed by atoms with Crippen LogP contribution in [-0.4, -0.2) is 35.4 Å². The second kappa shape index (κ2) is 7.12. The number of likely N-dealkylation sites (tertiary alicyclic amines) is 1. The number of hydrogen-bond donors (Lipinski definition) is 1.